The third kappa shape index (κ3) is 3.33. The van der Waals surface area contributed by atoms with E-state index in [0.29, 0.717) is 4.47 Å². The molecule has 0 unspecified atom stereocenters. The van der Waals surface area contributed by atoms with Crippen LogP contribution in [0.5, 0.6) is 5.75 Å². The van der Waals surface area contributed by atoms with E-state index >= 15 is 0 Å². The molecule has 0 fully saturated rings. The summed E-state index contributed by atoms with van der Waals surface area (Å²) < 4.78 is 32.4. The molecule has 6 heteroatoms. The van der Waals surface area contributed by atoms with E-state index in [9.17, 15) is 13.6 Å². The van der Waals surface area contributed by atoms with Gasteiger partial charge >= 0.3 is 5.97 Å². The normalized spacial score (nSPS) is 10.3. The summed E-state index contributed by atoms with van der Waals surface area (Å²) >= 11 is 3.13. The molecule has 0 saturated carbocycles. The Balaban J connectivity index is 2.20. The summed E-state index contributed by atoms with van der Waals surface area (Å²) in [5.41, 5.74) is -0.0311. The Morgan fingerprint density at radius 1 is 1.20 bits per heavy atom. The average Bonchev–Trinajstić information content (AvgIpc) is 2.38. The molecule has 0 aromatic heterocycles. The summed E-state index contributed by atoms with van der Waals surface area (Å²) in [5, 5.41) is 8.95. The minimum Gasteiger partial charge on any atom is -0.488 e. The van der Waals surface area contributed by atoms with Crippen LogP contribution in [0.4, 0.5) is 8.78 Å². The van der Waals surface area contributed by atoms with Crippen molar-refractivity contribution < 1.29 is 23.4 Å². The number of ether oxygens (including phenoxy) is 1. The molecule has 2 aromatic carbocycles. The van der Waals surface area contributed by atoms with Gasteiger partial charge in [-0.25, -0.2) is 13.6 Å². The molecule has 20 heavy (non-hydrogen) atoms. The molecule has 0 spiro atoms. The monoisotopic (exact) mass is 342 g/mol. The van der Waals surface area contributed by atoms with Crippen molar-refractivity contribution in [3.8, 4) is 5.75 Å². The Labute approximate surface area is 121 Å². The average molecular weight is 343 g/mol. The first-order chi connectivity index (χ1) is 9.47. The van der Waals surface area contributed by atoms with Crippen molar-refractivity contribution in [3.05, 3.63) is 63.6 Å². The van der Waals surface area contributed by atoms with Gasteiger partial charge in [0.1, 0.15) is 29.6 Å². The number of carboxylic acids is 1. The summed E-state index contributed by atoms with van der Waals surface area (Å²) in [6, 6.07) is 7.58. The smallest absolute Gasteiger partial charge is 0.339 e. The Morgan fingerprint density at radius 3 is 2.60 bits per heavy atom. The summed E-state index contributed by atoms with van der Waals surface area (Å²) in [6.45, 7) is -0.148. The third-order valence-corrected chi connectivity index (χ3v) is 3.06. The summed E-state index contributed by atoms with van der Waals surface area (Å²) in [7, 11) is 0. The Morgan fingerprint density at radius 2 is 1.95 bits per heavy atom. The fourth-order valence-corrected chi connectivity index (χ4v) is 1.92. The number of benzene rings is 2. The molecular formula is C14H9BrF2O3. The molecular weight excluding hydrogens is 334 g/mol. The van der Waals surface area contributed by atoms with Crippen LogP contribution in [-0.4, -0.2) is 11.1 Å². The molecule has 3 nitrogen and oxygen atoms in total. The summed E-state index contributed by atoms with van der Waals surface area (Å²) in [6.07, 6.45) is 0. The highest BCUT2D eigenvalue weighted by Crippen LogP contribution is 2.22. The molecule has 0 saturated heterocycles. The van der Waals surface area contributed by atoms with Crippen LogP contribution >= 0.6 is 15.9 Å². The number of halogens is 3. The number of aromatic carboxylic acids is 1. The van der Waals surface area contributed by atoms with Gasteiger partial charge in [-0.05, 0) is 30.3 Å². The van der Waals surface area contributed by atoms with Crippen molar-refractivity contribution in [1.29, 1.82) is 0 Å². The predicted octanol–water partition coefficient (Wildman–Crippen LogP) is 4.00. The SMILES string of the molecule is O=C(O)c1cc(F)ccc1OCc1ccc(Br)cc1F. The van der Waals surface area contributed by atoms with E-state index in [0.717, 1.165) is 12.1 Å². The van der Waals surface area contributed by atoms with E-state index in [1.807, 2.05) is 0 Å². The fraction of sp³-hybridized carbons (Fsp3) is 0.0714. The first kappa shape index (κ1) is 14.5. The van der Waals surface area contributed by atoms with Gasteiger partial charge in [0.15, 0.2) is 0 Å². The van der Waals surface area contributed by atoms with Gasteiger partial charge < -0.3 is 9.84 Å². The van der Waals surface area contributed by atoms with E-state index in [4.69, 9.17) is 9.84 Å². The van der Waals surface area contributed by atoms with Gasteiger partial charge in [-0.3, -0.25) is 0 Å². The van der Waals surface area contributed by atoms with Crippen molar-refractivity contribution in [2.24, 2.45) is 0 Å². The van der Waals surface area contributed by atoms with Crippen molar-refractivity contribution in [2.75, 3.05) is 0 Å². The standard InChI is InChI=1S/C14H9BrF2O3/c15-9-2-1-8(12(17)5-9)7-20-13-4-3-10(16)6-11(13)14(18)19/h1-6H,7H2,(H,18,19). The zero-order valence-electron chi connectivity index (χ0n) is 10.1. The van der Waals surface area contributed by atoms with Crippen molar-refractivity contribution >= 4 is 21.9 Å². The minimum absolute atomic E-state index is 0.0128. The van der Waals surface area contributed by atoms with Gasteiger partial charge in [0.2, 0.25) is 0 Å². The zero-order valence-corrected chi connectivity index (χ0v) is 11.7. The molecule has 1 N–H and O–H groups in total. The predicted molar refractivity (Wildman–Crippen MR) is 71.8 cm³/mol. The van der Waals surface area contributed by atoms with Gasteiger partial charge in [0.05, 0.1) is 0 Å². The maximum atomic E-state index is 13.6. The number of carbonyl (C=O) groups is 1. The number of rotatable bonds is 4. The van der Waals surface area contributed by atoms with Crippen LogP contribution in [-0.2, 0) is 6.61 Å². The second kappa shape index (κ2) is 6.00. The first-order valence-corrected chi connectivity index (χ1v) is 6.36. The van der Waals surface area contributed by atoms with Crippen LogP contribution in [0.3, 0.4) is 0 Å². The van der Waals surface area contributed by atoms with Crippen LogP contribution in [0.2, 0.25) is 0 Å². The van der Waals surface area contributed by atoms with Gasteiger partial charge in [-0.1, -0.05) is 22.0 Å². The van der Waals surface area contributed by atoms with Gasteiger partial charge in [-0.2, -0.15) is 0 Å². The van der Waals surface area contributed by atoms with Crippen LogP contribution in [0, 0.1) is 11.6 Å². The number of hydrogen-bond acceptors (Lipinski definition) is 2. The van der Waals surface area contributed by atoms with Crippen LogP contribution in [0.15, 0.2) is 40.9 Å². The lowest BCUT2D eigenvalue weighted by molar-refractivity contribution is 0.0691. The summed E-state index contributed by atoms with van der Waals surface area (Å²) in [5.74, 6) is -2.47. The van der Waals surface area contributed by atoms with Gasteiger partial charge in [0.25, 0.3) is 0 Å². The minimum atomic E-state index is -1.31. The molecule has 0 amide bonds. The molecule has 2 rings (SSSR count). The van der Waals surface area contributed by atoms with Crippen molar-refractivity contribution in [2.45, 2.75) is 6.61 Å². The van der Waals surface area contributed by atoms with E-state index in [-0.39, 0.29) is 23.5 Å². The number of carboxylic acid groups (broad SMARTS) is 1. The van der Waals surface area contributed by atoms with Crippen LogP contribution in [0.25, 0.3) is 0 Å². The van der Waals surface area contributed by atoms with E-state index in [2.05, 4.69) is 15.9 Å². The Bertz CT molecular complexity index is 659. The maximum Gasteiger partial charge on any atom is 0.339 e. The van der Waals surface area contributed by atoms with E-state index < -0.39 is 17.6 Å². The molecule has 0 radical (unpaired) electrons. The second-order valence-electron chi connectivity index (χ2n) is 3.97. The molecule has 0 aliphatic rings. The molecule has 104 valence electrons. The fourth-order valence-electron chi connectivity index (χ4n) is 1.59. The zero-order chi connectivity index (χ0) is 14.7. The highest BCUT2D eigenvalue weighted by atomic mass is 79.9. The highest BCUT2D eigenvalue weighted by molar-refractivity contribution is 9.10. The molecule has 0 aliphatic heterocycles. The van der Waals surface area contributed by atoms with Crippen LogP contribution in [0.1, 0.15) is 15.9 Å². The molecule has 0 atom stereocenters. The molecule has 0 aliphatic carbocycles. The largest absolute Gasteiger partial charge is 0.488 e. The Kier molecular flexibility index (Phi) is 4.34. The van der Waals surface area contributed by atoms with Crippen molar-refractivity contribution in [3.63, 3.8) is 0 Å². The lowest BCUT2D eigenvalue weighted by Gasteiger charge is -2.10. The lowest BCUT2D eigenvalue weighted by atomic mass is 10.2. The van der Waals surface area contributed by atoms with E-state index in [1.165, 1.54) is 18.2 Å². The lowest BCUT2D eigenvalue weighted by Crippen LogP contribution is -2.05. The van der Waals surface area contributed by atoms with E-state index in [1.54, 1.807) is 6.07 Å². The van der Waals surface area contributed by atoms with Gasteiger partial charge in [0, 0.05) is 10.0 Å². The van der Waals surface area contributed by atoms with Gasteiger partial charge in [-0.15, -0.1) is 0 Å². The number of hydrogen-bond donors (Lipinski definition) is 1. The second-order valence-corrected chi connectivity index (χ2v) is 4.89. The molecule has 2 aromatic rings. The highest BCUT2D eigenvalue weighted by Gasteiger charge is 2.13. The third-order valence-electron chi connectivity index (χ3n) is 2.57. The molecule has 0 bridgehead atoms. The summed E-state index contributed by atoms with van der Waals surface area (Å²) in [4.78, 5) is 11.0. The first-order valence-electron chi connectivity index (χ1n) is 5.57. The molecule has 0 heterocycles. The maximum absolute atomic E-state index is 13.6. The van der Waals surface area contributed by atoms with Crippen molar-refractivity contribution in [1.82, 2.24) is 0 Å². The Hall–Kier alpha value is -1.95. The van der Waals surface area contributed by atoms with Crippen LogP contribution < -0.4 is 4.74 Å². The quantitative estimate of drug-likeness (QED) is 0.913. The topological polar surface area (TPSA) is 46.5 Å².